The van der Waals surface area contributed by atoms with Gasteiger partial charge in [-0.15, -0.1) is 0 Å². The van der Waals surface area contributed by atoms with Crippen molar-refractivity contribution in [2.24, 2.45) is 5.41 Å². The zero-order chi connectivity index (χ0) is 13.3. The van der Waals surface area contributed by atoms with Gasteiger partial charge in [0.25, 0.3) is 0 Å². The van der Waals surface area contributed by atoms with Gasteiger partial charge in [-0.25, -0.2) is 4.79 Å². The van der Waals surface area contributed by atoms with Gasteiger partial charge < -0.3 is 9.47 Å². The second kappa shape index (κ2) is 4.48. The summed E-state index contributed by atoms with van der Waals surface area (Å²) in [5, 5.41) is 0. The number of rotatable bonds is 2. The van der Waals surface area contributed by atoms with Crippen LogP contribution < -0.4 is 4.74 Å². The Bertz CT molecular complexity index is 477. The van der Waals surface area contributed by atoms with Crippen molar-refractivity contribution in [1.82, 2.24) is 0 Å². The first kappa shape index (κ1) is 12.7. The highest BCUT2D eigenvalue weighted by molar-refractivity contribution is 5.97. The largest absolute Gasteiger partial charge is 0.497 e. The Hall–Kier alpha value is -1.77. The molecule has 3 nitrogen and oxygen atoms in total. The first-order chi connectivity index (χ1) is 8.41. The zero-order valence-electron chi connectivity index (χ0n) is 11.2. The number of hydrogen-bond acceptors (Lipinski definition) is 3. The van der Waals surface area contributed by atoms with E-state index in [1.165, 1.54) is 0 Å². The fourth-order valence-corrected chi connectivity index (χ4v) is 2.08. The fraction of sp³-hybridized carbons (Fsp3) is 0.400. The van der Waals surface area contributed by atoms with Crippen LogP contribution in [0.25, 0.3) is 5.57 Å². The SMILES string of the molecule is COc1ccc(C2=CC(=O)O[C@H]2C(C)(C)C)cc1. The first-order valence-corrected chi connectivity index (χ1v) is 5.98. The maximum absolute atomic E-state index is 11.5. The summed E-state index contributed by atoms with van der Waals surface area (Å²) in [4.78, 5) is 11.5. The third-order valence-corrected chi connectivity index (χ3v) is 3.00. The molecule has 0 aliphatic carbocycles. The number of esters is 1. The van der Waals surface area contributed by atoms with E-state index in [0.717, 1.165) is 16.9 Å². The summed E-state index contributed by atoms with van der Waals surface area (Å²) in [6, 6.07) is 7.67. The number of cyclic esters (lactones) is 1. The molecule has 1 aliphatic rings. The monoisotopic (exact) mass is 246 g/mol. The Morgan fingerprint density at radius 1 is 1.17 bits per heavy atom. The van der Waals surface area contributed by atoms with Crippen molar-refractivity contribution < 1.29 is 14.3 Å². The van der Waals surface area contributed by atoms with E-state index < -0.39 is 0 Å². The normalized spacial score (nSPS) is 19.4. The van der Waals surface area contributed by atoms with Crippen LogP contribution in [0.4, 0.5) is 0 Å². The van der Waals surface area contributed by atoms with Crippen molar-refractivity contribution in [3.63, 3.8) is 0 Å². The van der Waals surface area contributed by atoms with E-state index in [1.54, 1.807) is 13.2 Å². The van der Waals surface area contributed by atoms with Crippen LogP contribution in [0.2, 0.25) is 0 Å². The highest BCUT2D eigenvalue weighted by Crippen LogP contribution is 2.37. The molecule has 1 atom stereocenters. The number of benzene rings is 1. The molecule has 0 N–H and O–H groups in total. The van der Waals surface area contributed by atoms with Crippen LogP contribution in [0, 0.1) is 5.41 Å². The average molecular weight is 246 g/mol. The van der Waals surface area contributed by atoms with Crippen molar-refractivity contribution in [3.05, 3.63) is 35.9 Å². The molecule has 18 heavy (non-hydrogen) atoms. The van der Waals surface area contributed by atoms with Crippen molar-refractivity contribution in [2.75, 3.05) is 7.11 Å². The van der Waals surface area contributed by atoms with Gasteiger partial charge in [0.1, 0.15) is 11.9 Å². The number of carbonyl (C=O) groups excluding carboxylic acids is 1. The summed E-state index contributed by atoms with van der Waals surface area (Å²) < 4.78 is 10.5. The van der Waals surface area contributed by atoms with Gasteiger partial charge in [-0.1, -0.05) is 32.9 Å². The molecule has 0 unspecified atom stereocenters. The van der Waals surface area contributed by atoms with Crippen molar-refractivity contribution in [3.8, 4) is 5.75 Å². The summed E-state index contributed by atoms with van der Waals surface area (Å²) in [5.74, 6) is 0.539. The van der Waals surface area contributed by atoms with E-state index in [2.05, 4.69) is 20.8 Å². The van der Waals surface area contributed by atoms with E-state index in [-0.39, 0.29) is 17.5 Å². The Morgan fingerprint density at radius 3 is 2.28 bits per heavy atom. The lowest BCUT2D eigenvalue weighted by molar-refractivity contribution is -0.141. The number of methoxy groups -OCH3 is 1. The average Bonchev–Trinajstić information content (AvgIpc) is 2.71. The first-order valence-electron chi connectivity index (χ1n) is 5.98. The van der Waals surface area contributed by atoms with Crippen LogP contribution in [0.5, 0.6) is 5.75 Å². The van der Waals surface area contributed by atoms with Gasteiger partial charge in [0.15, 0.2) is 0 Å². The van der Waals surface area contributed by atoms with E-state index in [4.69, 9.17) is 9.47 Å². The van der Waals surface area contributed by atoms with Gasteiger partial charge in [-0.2, -0.15) is 0 Å². The predicted molar refractivity (Wildman–Crippen MR) is 70.3 cm³/mol. The zero-order valence-corrected chi connectivity index (χ0v) is 11.2. The Kier molecular flexibility index (Phi) is 3.16. The van der Waals surface area contributed by atoms with Gasteiger partial charge in [-0.3, -0.25) is 0 Å². The standard InChI is InChI=1S/C15H18O3/c1-15(2,3)14-12(9-13(16)18-14)10-5-7-11(17-4)8-6-10/h5-9,14H,1-4H3/t14-/m1/s1. The molecular weight excluding hydrogens is 228 g/mol. The molecule has 3 heteroatoms. The van der Waals surface area contributed by atoms with Gasteiger partial charge in [0.2, 0.25) is 0 Å². The molecule has 1 aromatic carbocycles. The molecule has 0 saturated heterocycles. The van der Waals surface area contributed by atoms with Crippen molar-refractivity contribution >= 4 is 11.5 Å². The molecule has 1 aliphatic heterocycles. The fourth-order valence-electron chi connectivity index (χ4n) is 2.08. The van der Waals surface area contributed by atoms with Crippen LogP contribution in [0.1, 0.15) is 26.3 Å². The lowest BCUT2D eigenvalue weighted by Crippen LogP contribution is -2.28. The van der Waals surface area contributed by atoms with Gasteiger partial charge in [0, 0.05) is 17.1 Å². The van der Waals surface area contributed by atoms with Crippen LogP contribution in [0.3, 0.4) is 0 Å². The molecule has 0 radical (unpaired) electrons. The van der Waals surface area contributed by atoms with E-state index >= 15 is 0 Å². The highest BCUT2D eigenvalue weighted by atomic mass is 16.5. The quantitative estimate of drug-likeness (QED) is 0.752. The smallest absolute Gasteiger partial charge is 0.331 e. The van der Waals surface area contributed by atoms with Crippen molar-refractivity contribution in [1.29, 1.82) is 0 Å². The van der Waals surface area contributed by atoms with Crippen LogP contribution in [-0.2, 0) is 9.53 Å². The second-order valence-electron chi connectivity index (χ2n) is 5.51. The summed E-state index contributed by atoms with van der Waals surface area (Å²) in [7, 11) is 1.63. The Labute approximate surface area is 107 Å². The summed E-state index contributed by atoms with van der Waals surface area (Å²) in [6.07, 6.45) is 1.39. The molecule has 2 rings (SSSR count). The van der Waals surface area contributed by atoms with Gasteiger partial charge in [0.05, 0.1) is 7.11 Å². The molecule has 0 amide bonds. The Morgan fingerprint density at radius 2 is 1.78 bits per heavy atom. The van der Waals surface area contributed by atoms with Crippen LogP contribution in [-0.4, -0.2) is 19.2 Å². The molecule has 0 saturated carbocycles. The number of hydrogen-bond donors (Lipinski definition) is 0. The number of carbonyl (C=O) groups is 1. The number of ether oxygens (including phenoxy) is 2. The van der Waals surface area contributed by atoms with E-state index in [1.807, 2.05) is 24.3 Å². The molecule has 0 bridgehead atoms. The van der Waals surface area contributed by atoms with Crippen LogP contribution in [0.15, 0.2) is 30.3 Å². The molecule has 1 heterocycles. The summed E-state index contributed by atoms with van der Waals surface area (Å²) >= 11 is 0. The van der Waals surface area contributed by atoms with Gasteiger partial charge >= 0.3 is 5.97 Å². The minimum absolute atomic E-state index is 0.113. The third-order valence-electron chi connectivity index (χ3n) is 3.00. The molecule has 1 aromatic rings. The molecule has 0 fully saturated rings. The molecular formula is C15H18O3. The molecule has 0 aromatic heterocycles. The molecule has 96 valence electrons. The van der Waals surface area contributed by atoms with Crippen LogP contribution >= 0.6 is 0 Å². The molecule has 0 spiro atoms. The van der Waals surface area contributed by atoms with E-state index in [9.17, 15) is 4.79 Å². The lowest BCUT2D eigenvalue weighted by Gasteiger charge is -2.28. The lowest BCUT2D eigenvalue weighted by atomic mass is 9.82. The summed E-state index contributed by atoms with van der Waals surface area (Å²) in [5.41, 5.74) is 1.83. The maximum atomic E-state index is 11.5. The van der Waals surface area contributed by atoms with Gasteiger partial charge in [-0.05, 0) is 17.7 Å². The second-order valence-corrected chi connectivity index (χ2v) is 5.51. The van der Waals surface area contributed by atoms with Crippen molar-refractivity contribution in [2.45, 2.75) is 26.9 Å². The topological polar surface area (TPSA) is 35.5 Å². The third kappa shape index (κ3) is 2.40. The summed E-state index contributed by atoms with van der Waals surface area (Å²) in [6.45, 7) is 6.19. The maximum Gasteiger partial charge on any atom is 0.331 e. The highest BCUT2D eigenvalue weighted by Gasteiger charge is 2.36. The Balaban J connectivity index is 2.35. The van der Waals surface area contributed by atoms with E-state index in [0.29, 0.717) is 0 Å². The predicted octanol–water partition coefficient (Wildman–Crippen LogP) is 3.05. The minimum Gasteiger partial charge on any atom is -0.497 e. The minimum atomic E-state index is -0.263.